The van der Waals surface area contributed by atoms with E-state index >= 15 is 0 Å². The Balaban J connectivity index is 2.59. The van der Waals surface area contributed by atoms with Gasteiger partial charge in [-0.15, -0.1) is 0 Å². The largest absolute Gasteiger partial charge is 0.223 e. The number of hydrogen-bond acceptors (Lipinski definition) is 3. The van der Waals surface area contributed by atoms with Crippen LogP contribution in [0.4, 0.5) is 8.78 Å². The van der Waals surface area contributed by atoms with Gasteiger partial charge in [0.25, 0.3) is 0 Å². The molecular formula is C10H3ClF2N2S. The molecule has 0 aliphatic rings. The molecule has 0 saturated carbocycles. The second-order valence-corrected chi connectivity index (χ2v) is 4.47. The van der Waals surface area contributed by atoms with Gasteiger partial charge in [0.05, 0.1) is 0 Å². The first kappa shape index (κ1) is 11.0. The molecule has 2 rings (SSSR count). The molecule has 0 aliphatic heterocycles. The van der Waals surface area contributed by atoms with Crippen LogP contribution in [0.1, 0.15) is 4.88 Å². The molecule has 1 aromatic carbocycles. The Morgan fingerprint density at radius 1 is 1.31 bits per heavy atom. The van der Waals surface area contributed by atoms with Crippen LogP contribution in [0, 0.1) is 23.0 Å². The first-order chi connectivity index (χ1) is 7.61. The van der Waals surface area contributed by atoms with Crippen molar-refractivity contribution in [3.05, 3.63) is 39.2 Å². The molecule has 6 heteroatoms. The quantitative estimate of drug-likeness (QED) is 0.781. The highest BCUT2D eigenvalue weighted by Gasteiger charge is 2.13. The summed E-state index contributed by atoms with van der Waals surface area (Å²) in [5.74, 6) is -1.92. The number of nitriles is 1. The number of aromatic nitrogens is 1. The smallest absolute Gasteiger partial charge is 0.185 e. The number of benzene rings is 1. The minimum atomic E-state index is -0.981. The number of nitrogens with zero attached hydrogens (tertiary/aromatic N) is 2. The van der Waals surface area contributed by atoms with Crippen LogP contribution in [0.5, 0.6) is 0 Å². The predicted molar refractivity (Wildman–Crippen MR) is 57.2 cm³/mol. The highest BCUT2D eigenvalue weighted by molar-refractivity contribution is 7.16. The molecule has 0 fully saturated rings. The second-order valence-electron chi connectivity index (χ2n) is 2.89. The molecule has 0 atom stereocenters. The Morgan fingerprint density at radius 2 is 2.06 bits per heavy atom. The molecule has 1 aromatic heterocycles. The SMILES string of the molecule is N#Cc1sc(Cl)nc1-c1ccc(F)c(F)c1. The van der Waals surface area contributed by atoms with Gasteiger partial charge in [-0.3, -0.25) is 0 Å². The zero-order valence-electron chi connectivity index (χ0n) is 7.67. The normalized spacial score (nSPS) is 10.1. The summed E-state index contributed by atoms with van der Waals surface area (Å²) >= 11 is 6.65. The summed E-state index contributed by atoms with van der Waals surface area (Å²) in [6.07, 6.45) is 0. The Hall–Kier alpha value is -1.51. The van der Waals surface area contributed by atoms with Crippen molar-refractivity contribution in [3.63, 3.8) is 0 Å². The first-order valence-electron chi connectivity index (χ1n) is 4.13. The van der Waals surface area contributed by atoms with Gasteiger partial charge in [-0.2, -0.15) is 5.26 Å². The molecule has 1 heterocycles. The molecule has 0 amide bonds. The van der Waals surface area contributed by atoms with E-state index in [1.54, 1.807) is 0 Å². The summed E-state index contributed by atoms with van der Waals surface area (Å²) in [5.41, 5.74) is 0.606. The zero-order chi connectivity index (χ0) is 11.7. The molecule has 2 nitrogen and oxygen atoms in total. The average molecular weight is 257 g/mol. The van der Waals surface area contributed by atoms with E-state index in [1.165, 1.54) is 6.07 Å². The molecule has 0 N–H and O–H groups in total. The molecule has 0 spiro atoms. The average Bonchev–Trinajstić information content (AvgIpc) is 2.63. The van der Waals surface area contributed by atoms with Gasteiger partial charge in [0.1, 0.15) is 16.6 Å². The van der Waals surface area contributed by atoms with Crippen LogP contribution in [0.15, 0.2) is 18.2 Å². The summed E-state index contributed by atoms with van der Waals surface area (Å²) in [6, 6.07) is 5.23. The molecule has 0 radical (unpaired) electrons. The van der Waals surface area contributed by atoms with Crippen LogP contribution in [0.2, 0.25) is 4.47 Å². The van der Waals surface area contributed by atoms with Gasteiger partial charge >= 0.3 is 0 Å². The van der Waals surface area contributed by atoms with Crippen LogP contribution in [0.25, 0.3) is 11.3 Å². The van der Waals surface area contributed by atoms with E-state index in [-0.39, 0.29) is 15.0 Å². The van der Waals surface area contributed by atoms with Crippen molar-refractivity contribution in [1.29, 1.82) is 5.26 Å². The van der Waals surface area contributed by atoms with Crippen LogP contribution >= 0.6 is 22.9 Å². The lowest BCUT2D eigenvalue weighted by Crippen LogP contribution is -1.87. The van der Waals surface area contributed by atoms with E-state index < -0.39 is 11.6 Å². The van der Waals surface area contributed by atoms with Crippen molar-refractivity contribution >= 4 is 22.9 Å². The van der Waals surface area contributed by atoms with E-state index in [0.29, 0.717) is 5.56 Å². The lowest BCUT2D eigenvalue weighted by atomic mass is 10.1. The summed E-state index contributed by atoms with van der Waals surface area (Å²) in [6.45, 7) is 0. The molecule has 0 bridgehead atoms. The van der Waals surface area contributed by atoms with E-state index in [9.17, 15) is 8.78 Å². The molecule has 0 saturated heterocycles. The molecule has 0 aliphatic carbocycles. The first-order valence-corrected chi connectivity index (χ1v) is 5.33. The third kappa shape index (κ3) is 1.90. The van der Waals surface area contributed by atoms with Crippen LogP contribution in [-0.4, -0.2) is 4.98 Å². The monoisotopic (exact) mass is 256 g/mol. The fraction of sp³-hybridized carbons (Fsp3) is 0. The molecule has 2 aromatic rings. The van der Waals surface area contributed by atoms with Crippen molar-refractivity contribution in [2.75, 3.05) is 0 Å². The summed E-state index contributed by atoms with van der Waals surface area (Å²) in [5, 5.41) is 8.81. The second kappa shape index (κ2) is 4.16. The minimum absolute atomic E-state index is 0.191. The maximum Gasteiger partial charge on any atom is 0.185 e. The van der Waals surface area contributed by atoms with Gasteiger partial charge in [0, 0.05) is 5.56 Å². The van der Waals surface area contributed by atoms with Gasteiger partial charge in [-0.05, 0) is 18.2 Å². The van der Waals surface area contributed by atoms with E-state index in [2.05, 4.69) is 4.98 Å². The predicted octanol–water partition coefficient (Wildman–Crippen LogP) is 3.61. The third-order valence-corrected chi connectivity index (χ3v) is 2.96. The Kier molecular flexibility index (Phi) is 2.86. The number of halogens is 3. The maximum atomic E-state index is 13.0. The molecule has 80 valence electrons. The Labute approximate surface area is 98.7 Å². The zero-order valence-corrected chi connectivity index (χ0v) is 9.24. The molecular weight excluding hydrogens is 254 g/mol. The van der Waals surface area contributed by atoms with Gasteiger partial charge < -0.3 is 0 Å². The maximum absolute atomic E-state index is 13.0. The van der Waals surface area contributed by atoms with Crippen LogP contribution < -0.4 is 0 Å². The van der Waals surface area contributed by atoms with Gasteiger partial charge in [0.15, 0.2) is 16.1 Å². The lowest BCUT2D eigenvalue weighted by Gasteiger charge is -1.98. The van der Waals surface area contributed by atoms with Gasteiger partial charge in [0.2, 0.25) is 0 Å². The number of hydrogen-bond donors (Lipinski definition) is 0. The van der Waals surface area contributed by atoms with Gasteiger partial charge in [-0.1, -0.05) is 22.9 Å². The van der Waals surface area contributed by atoms with E-state index in [0.717, 1.165) is 23.5 Å². The van der Waals surface area contributed by atoms with Crippen molar-refractivity contribution in [2.45, 2.75) is 0 Å². The van der Waals surface area contributed by atoms with Crippen molar-refractivity contribution in [1.82, 2.24) is 4.98 Å². The summed E-state index contributed by atoms with van der Waals surface area (Å²) in [4.78, 5) is 4.17. The van der Waals surface area contributed by atoms with E-state index in [1.807, 2.05) is 6.07 Å². The van der Waals surface area contributed by atoms with Crippen LogP contribution in [0.3, 0.4) is 0 Å². The van der Waals surface area contributed by atoms with E-state index in [4.69, 9.17) is 16.9 Å². The highest BCUT2D eigenvalue weighted by Crippen LogP contribution is 2.30. The Morgan fingerprint density at radius 3 is 2.69 bits per heavy atom. The van der Waals surface area contributed by atoms with Gasteiger partial charge in [-0.25, -0.2) is 13.8 Å². The third-order valence-electron chi connectivity index (χ3n) is 1.90. The highest BCUT2D eigenvalue weighted by atomic mass is 35.5. The molecule has 16 heavy (non-hydrogen) atoms. The van der Waals surface area contributed by atoms with Crippen LogP contribution in [-0.2, 0) is 0 Å². The fourth-order valence-corrected chi connectivity index (χ4v) is 2.14. The Bertz CT molecular complexity index is 589. The number of thiazole rings is 1. The summed E-state index contributed by atoms with van der Waals surface area (Å²) < 4.78 is 25.9. The number of rotatable bonds is 1. The standard InChI is InChI=1S/C10H3ClF2N2S/c11-10-15-9(8(4-14)16-10)5-1-2-6(12)7(13)3-5/h1-3H. The summed E-state index contributed by atoms with van der Waals surface area (Å²) in [7, 11) is 0. The van der Waals surface area contributed by atoms with Crippen molar-refractivity contribution in [3.8, 4) is 17.3 Å². The minimum Gasteiger partial charge on any atom is -0.223 e. The fourth-order valence-electron chi connectivity index (χ4n) is 1.21. The van der Waals surface area contributed by atoms with Crippen molar-refractivity contribution in [2.24, 2.45) is 0 Å². The van der Waals surface area contributed by atoms with Crippen molar-refractivity contribution < 1.29 is 8.78 Å². The molecule has 0 unspecified atom stereocenters. The lowest BCUT2D eigenvalue weighted by molar-refractivity contribution is 0.509. The topological polar surface area (TPSA) is 36.7 Å².